The maximum Gasteiger partial charge on any atom is 0.416 e. The van der Waals surface area contributed by atoms with Crippen molar-refractivity contribution in [1.82, 2.24) is 4.73 Å². The molecule has 3 aromatic rings. The van der Waals surface area contributed by atoms with Gasteiger partial charge in [-0.15, -0.1) is 4.73 Å². The Morgan fingerprint density at radius 1 is 1.08 bits per heavy atom. The van der Waals surface area contributed by atoms with Gasteiger partial charge >= 0.3 is 6.18 Å². The maximum absolute atomic E-state index is 12.6. The zero-order chi connectivity index (χ0) is 18.9. The van der Waals surface area contributed by atoms with Gasteiger partial charge < -0.3 is 10.6 Å². The third-order valence-electron chi connectivity index (χ3n) is 3.78. The lowest BCUT2D eigenvalue weighted by Crippen LogP contribution is -2.33. The van der Waals surface area contributed by atoms with E-state index in [2.05, 4.69) is 0 Å². The molecule has 0 saturated heterocycles. The molecular weight excluding hydrogens is 349 g/mol. The first-order chi connectivity index (χ1) is 12.3. The average Bonchev–Trinajstić information content (AvgIpc) is 2.60. The molecule has 8 heteroatoms. The number of primary amides is 1. The fourth-order valence-electron chi connectivity index (χ4n) is 2.46. The van der Waals surface area contributed by atoms with E-state index < -0.39 is 23.2 Å². The van der Waals surface area contributed by atoms with Crippen molar-refractivity contribution in [3.05, 3.63) is 81.6 Å². The predicted octanol–water partition coefficient (Wildman–Crippen LogP) is 2.75. The van der Waals surface area contributed by atoms with Crippen molar-refractivity contribution in [2.45, 2.75) is 12.8 Å². The van der Waals surface area contributed by atoms with Crippen LogP contribution in [0, 0.1) is 0 Å². The first-order valence-electron chi connectivity index (χ1n) is 7.51. The molecule has 26 heavy (non-hydrogen) atoms. The van der Waals surface area contributed by atoms with Crippen LogP contribution in [0.15, 0.2) is 59.4 Å². The normalized spacial score (nSPS) is 11.5. The molecule has 3 rings (SSSR count). The van der Waals surface area contributed by atoms with Gasteiger partial charge in [0.1, 0.15) is 12.2 Å². The largest absolute Gasteiger partial charge is 0.416 e. The molecule has 0 atom stereocenters. The van der Waals surface area contributed by atoms with Crippen LogP contribution < -0.4 is 16.1 Å². The van der Waals surface area contributed by atoms with Crippen LogP contribution in [0.1, 0.15) is 21.5 Å². The molecule has 0 spiro atoms. The topological polar surface area (TPSA) is 74.3 Å². The zero-order valence-electron chi connectivity index (χ0n) is 13.3. The van der Waals surface area contributed by atoms with E-state index in [1.807, 2.05) is 0 Å². The monoisotopic (exact) mass is 362 g/mol. The van der Waals surface area contributed by atoms with Gasteiger partial charge in [0.05, 0.1) is 11.1 Å². The van der Waals surface area contributed by atoms with Gasteiger partial charge in [-0.2, -0.15) is 13.2 Å². The van der Waals surface area contributed by atoms with Crippen LogP contribution in [0.25, 0.3) is 10.9 Å². The lowest BCUT2D eigenvalue weighted by molar-refractivity contribution is -0.137. The molecule has 0 unspecified atom stereocenters. The molecule has 0 aliphatic heterocycles. The van der Waals surface area contributed by atoms with Crippen LogP contribution in [-0.4, -0.2) is 10.6 Å². The van der Waals surface area contributed by atoms with Gasteiger partial charge in [0.2, 0.25) is 0 Å². The number of rotatable bonds is 4. The summed E-state index contributed by atoms with van der Waals surface area (Å²) in [5.74, 6) is -0.896. The van der Waals surface area contributed by atoms with Crippen LogP contribution in [0.5, 0.6) is 0 Å². The molecule has 0 radical (unpaired) electrons. The van der Waals surface area contributed by atoms with Crippen LogP contribution in [-0.2, 0) is 12.8 Å². The van der Waals surface area contributed by atoms with E-state index in [0.717, 1.165) is 16.9 Å². The number of alkyl halides is 3. The minimum atomic E-state index is -4.43. The summed E-state index contributed by atoms with van der Waals surface area (Å²) in [5, 5.41) is 0.563. The molecule has 0 saturated carbocycles. The number of para-hydroxylation sites is 1. The van der Waals surface area contributed by atoms with E-state index in [0.29, 0.717) is 16.5 Å². The summed E-state index contributed by atoms with van der Waals surface area (Å²) < 4.78 is 38.7. The van der Waals surface area contributed by atoms with E-state index in [1.165, 1.54) is 18.2 Å². The molecule has 5 nitrogen and oxygen atoms in total. The molecule has 0 aliphatic rings. The highest BCUT2D eigenvalue weighted by Crippen LogP contribution is 2.29. The number of fused-ring (bicyclic) bond motifs is 1. The zero-order valence-corrected chi connectivity index (χ0v) is 13.3. The third-order valence-corrected chi connectivity index (χ3v) is 3.78. The van der Waals surface area contributed by atoms with Gasteiger partial charge in [-0.05, 0) is 29.8 Å². The quantitative estimate of drug-likeness (QED) is 0.776. The number of benzene rings is 2. The molecule has 134 valence electrons. The Morgan fingerprint density at radius 3 is 2.35 bits per heavy atom. The molecule has 2 N–H and O–H groups in total. The van der Waals surface area contributed by atoms with Gasteiger partial charge in [-0.3, -0.25) is 9.59 Å². The van der Waals surface area contributed by atoms with Crippen molar-refractivity contribution >= 4 is 16.8 Å². The smallest absolute Gasteiger partial charge is 0.405 e. The maximum atomic E-state index is 12.6. The number of halogens is 3. The van der Waals surface area contributed by atoms with Crippen molar-refractivity contribution in [1.29, 1.82) is 0 Å². The number of nitrogens with zero attached hydrogens (tertiary/aromatic N) is 1. The highest BCUT2D eigenvalue weighted by Gasteiger charge is 2.29. The number of nitrogens with two attached hydrogens (primary N) is 1. The standard InChI is InChI=1S/C18H13F3N2O3/c19-18(20,21)13-7-5-11(6-8-13)10-26-23-15-4-2-1-3-12(15)9-14(16(22)24)17(23)25/h1-9H,10H2,(H2,22,24). The Hall–Kier alpha value is -3.29. The fraction of sp³-hybridized carbons (Fsp3) is 0.111. The highest BCUT2D eigenvalue weighted by molar-refractivity contribution is 5.96. The molecule has 1 amide bonds. The fourth-order valence-corrected chi connectivity index (χ4v) is 2.46. The lowest BCUT2D eigenvalue weighted by Gasteiger charge is -2.13. The first-order valence-corrected chi connectivity index (χ1v) is 7.51. The SMILES string of the molecule is NC(=O)c1cc2ccccc2n(OCc2ccc(C(F)(F)F)cc2)c1=O. The summed E-state index contributed by atoms with van der Waals surface area (Å²) in [6.45, 7) is -0.162. The second-order valence-corrected chi connectivity index (χ2v) is 5.55. The summed E-state index contributed by atoms with van der Waals surface area (Å²) >= 11 is 0. The number of pyridine rings is 1. The summed E-state index contributed by atoms with van der Waals surface area (Å²) in [4.78, 5) is 29.4. The van der Waals surface area contributed by atoms with E-state index in [9.17, 15) is 22.8 Å². The molecule has 1 heterocycles. The summed E-state index contributed by atoms with van der Waals surface area (Å²) in [6, 6.07) is 12.5. The van der Waals surface area contributed by atoms with Crippen LogP contribution in [0.4, 0.5) is 13.2 Å². The van der Waals surface area contributed by atoms with Crippen molar-refractivity contribution in [3.8, 4) is 0 Å². The summed E-state index contributed by atoms with van der Waals surface area (Å²) in [6.07, 6.45) is -4.43. The van der Waals surface area contributed by atoms with Crippen LogP contribution in [0.2, 0.25) is 0 Å². The Kier molecular flexibility index (Phi) is 4.41. The van der Waals surface area contributed by atoms with Crippen molar-refractivity contribution < 1.29 is 22.8 Å². The van der Waals surface area contributed by atoms with Gasteiger partial charge in [0.15, 0.2) is 0 Å². The van der Waals surface area contributed by atoms with Crippen molar-refractivity contribution in [2.75, 3.05) is 0 Å². The van der Waals surface area contributed by atoms with Gasteiger partial charge in [-0.1, -0.05) is 30.3 Å². The van der Waals surface area contributed by atoms with E-state index >= 15 is 0 Å². The number of carbonyl (C=O) groups excluding carboxylic acids is 1. The number of carbonyl (C=O) groups is 1. The van der Waals surface area contributed by atoms with Crippen molar-refractivity contribution in [3.63, 3.8) is 0 Å². The first kappa shape index (κ1) is 17.5. The summed E-state index contributed by atoms with van der Waals surface area (Å²) in [5.41, 5.74) is 4.31. The van der Waals surface area contributed by atoms with E-state index in [-0.39, 0.29) is 12.2 Å². The van der Waals surface area contributed by atoms with Gasteiger partial charge in [-0.25, -0.2) is 0 Å². The summed E-state index contributed by atoms with van der Waals surface area (Å²) in [7, 11) is 0. The number of hydrogen-bond donors (Lipinski definition) is 1. The third kappa shape index (κ3) is 3.39. The molecular formula is C18H13F3N2O3. The number of amides is 1. The van der Waals surface area contributed by atoms with Crippen LogP contribution in [0.3, 0.4) is 0 Å². The Morgan fingerprint density at radius 2 is 1.73 bits per heavy atom. The van der Waals surface area contributed by atoms with Gasteiger partial charge in [0, 0.05) is 5.39 Å². The molecule has 0 aliphatic carbocycles. The lowest BCUT2D eigenvalue weighted by atomic mass is 10.1. The second-order valence-electron chi connectivity index (χ2n) is 5.55. The average molecular weight is 362 g/mol. The number of aromatic nitrogens is 1. The second kappa shape index (κ2) is 6.55. The van der Waals surface area contributed by atoms with Crippen molar-refractivity contribution in [2.24, 2.45) is 5.73 Å². The molecule has 0 bridgehead atoms. The minimum absolute atomic E-state index is 0.162. The van der Waals surface area contributed by atoms with E-state index in [1.54, 1.807) is 24.3 Å². The van der Waals surface area contributed by atoms with Gasteiger partial charge in [0.25, 0.3) is 11.5 Å². The highest BCUT2D eigenvalue weighted by atomic mass is 19.4. The Balaban J connectivity index is 1.95. The number of hydrogen-bond acceptors (Lipinski definition) is 3. The van der Waals surface area contributed by atoms with Crippen LogP contribution >= 0.6 is 0 Å². The van der Waals surface area contributed by atoms with E-state index in [4.69, 9.17) is 10.6 Å². The molecule has 0 fully saturated rings. The minimum Gasteiger partial charge on any atom is -0.405 e. The molecule has 1 aromatic heterocycles. The Bertz CT molecular complexity index is 1020. The Labute approximate surface area is 145 Å². The molecule has 2 aromatic carbocycles. The predicted molar refractivity (Wildman–Crippen MR) is 88.5 cm³/mol.